The molecule has 1 aliphatic rings. The summed E-state index contributed by atoms with van der Waals surface area (Å²) in [6.45, 7) is 7.22. The summed E-state index contributed by atoms with van der Waals surface area (Å²) in [5.41, 5.74) is 2.81. The van der Waals surface area contributed by atoms with Crippen molar-refractivity contribution in [2.45, 2.75) is 57.8 Å². The summed E-state index contributed by atoms with van der Waals surface area (Å²) in [4.78, 5) is 15.8. The molecular formula is C30H36N4O3S3. The zero-order valence-corrected chi connectivity index (χ0v) is 25.7. The first-order valence-corrected chi connectivity index (χ1v) is 16.5. The Bertz CT molecular complexity index is 1480. The summed E-state index contributed by atoms with van der Waals surface area (Å²) < 4.78 is 30.2. The maximum atomic E-state index is 13.3. The molecule has 10 heteroatoms. The van der Waals surface area contributed by atoms with E-state index in [1.807, 2.05) is 62.5 Å². The Morgan fingerprint density at radius 3 is 2.40 bits per heavy atom. The fourth-order valence-electron chi connectivity index (χ4n) is 4.65. The van der Waals surface area contributed by atoms with Gasteiger partial charge in [0.15, 0.2) is 0 Å². The minimum atomic E-state index is -3.65. The monoisotopic (exact) mass is 596 g/mol. The van der Waals surface area contributed by atoms with Crippen LogP contribution in [0.3, 0.4) is 0 Å². The first-order valence-electron chi connectivity index (χ1n) is 13.8. The average molecular weight is 597 g/mol. The molecule has 4 rings (SSSR count). The Hall–Kier alpha value is -2.79. The van der Waals surface area contributed by atoms with E-state index in [4.69, 9.17) is 17.3 Å². The first-order chi connectivity index (χ1) is 19.3. The van der Waals surface area contributed by atoms with E-state index in [2.05, 4.69) is 6.92 Å². The minimum Gasteiger partial charge on any atom is -0.293 e. The van der Waals surface area contributed by atoms with Gasteiger partial charge in [-0.2, -0.15) is 9.40 Å². The second-order valence-corrected chi connectivity index (χ2v) is 13.2. The molecule has 212 valence electrons. The van der Waals surface area contributed by atoms with Gasteiger partial charge >= 0.3 is 0 Å². The highest BCUT2D eigenvalue weighted by Crippen LogP contribution is 2.35. The Kier molecular flexibility index (Phi) is 10.3. The third kappa shape index (κ3) is 6.74. The van der Waals surface area contributed by atoms with Crippen molar-refractivity contribution in [2.75, 3.05) is 19.6 Å². The quantitative estimate of drug-likeness (QED) is 0.124. The molecule has 0 bridgehead atoms. The number of hydrogen-bond donors (Lipinski definition) is 0. The van der Waals surface area contributed by atoms with E-state index in [-0.39, 0.29) is 10.8 Å². The molecule has 1 aliphatic heterocycles. The van der Waals surface area contributed by atoms with E-state index < -0.39 is 10.0 Å². The maximum Gasteiger partial charge on any atom is 0.266 e. The summed E-state index contributed by atoms with van der Waals surface area (Å²) in [7, 11) is -3.65. The number of sulfonamides is 1. The molecule has 0 N–H and O–H groups in total. The van der Waals surface area contributed by atoms with E-state index in [1.165, 1.54) is 28.9 Å². The van der Waals surface area contributed by atoms with Crippen molar-refractivity contribution < 1.29 is 13.2 Å². The number of nitrogens with zero attached hydrogens (tertiary/aromatic N) is 4. The summed E-state index contributed by atoms with van der Waals surface area (Å²) in [5, 5.41) is 4.84. The Balaban J connectivity index is 1.71. The molecule has 2 aromatic carbocycles. The molecule has 1 fully saturated rings. The molecule has 0 atom stereocenters. The molecule has 0 spiro atoms. The third-order valence-corrected chi connectivity index (χ3v) is 10.3. The minimum absolute atomic E-state index is 0.0956. The van der Waals surface area contributed by atoms with Gasteiger partial charge in [-0.1, -0.05) is 101 Å². The maximum absolute atomic E-state index is 13.3. The van der Waals surface area contributed by atoms with Gasteiger partial charge in [-0.25, -0.2) is 13.1 Å². The summed E-state index contributed by atoms with van der Waals surface area (Å²) in [6, 6.07) is 16.5. The standard InChI is InChI=1S/C30H36N4O3S3/c1-4-7-8-9-13-19-33-29(35)27(39-30(33)38)21-24-22-34(25-16-11-10-12-17-25)31-28(24)23-15-14-18-26(20-23)40(36,37)32(5-2)6-3/h10-12,14-18,20-22H,4-9,13,19H2,1-3H3. The SMILES string of the molecule is CCCCCCCN1C(=O)C(=Cc2cn(-c3ccccc3)nc2-c2cccc(S(=O)(=O)N(CC)CC)c2)SC1=S. The van der Waals surface area contributed by atoms with Crippen LogP contribution >= 0.6 is 24.0 Å². The van der Waals surface area contributed by atoms with Crippen LogP contribution in [0.25, 0.3) is 23.0 Å². The van der Waals surface area contributed by atoms with Crippen molar-refractivity contribution in [2.24, 2.45) is 0 Å². The number of unbranched alkanes of at least 4 members (excludes halogenated alkanes) is 4. The van der Waals surface area contributed by atoms with Gasteiger partial charge in [0.25, 0.3) is 5.91 Å². The van der Waals surface area contributed by atoms with Crippen LogP contribution in [0.2, 0.25) is 0 Å². The number of hydrogen-bond acceptors (Lipinski definition) is 6. The number of amides is 1. The number of thioether (sulfide) groups is 1. The predicted molar refractivity (Wildman–Crippen MR) is 168 cm³/mol. The van der Waals surface area contributed by atoms with Crippen molar-refractivity contribution in [3.63, 3.8) is 0 Å². The van der Waals surface area contributed by atoms with Crippen LogP contribution in [0.4, 0.5) is 0 Å². The molecule has 1 saturated heterocycles. The molecule has 40 heavy (non-hydrogen) atoms. The topological polar surface area (TPSA) is 75.5 Å². The zero-order chi connectivity index (χ0) is 28.7. The van der Waals surface area contributed by atoms with Crippen LogP contribution < -0.4 is 0 Å². The second-order valence-electron chi connectivity index (χ2n) is 9.58. The van der Waals surface area contributed by atoms with Crippen molar-refractivity contribution in [1.82, 2.24) is 19.0 Å². The van der Waals surface area contributed by atoms with Gasteiger partial charge in [0.1, 0.15) is 10.0 Å². The van der Waals surface area contributed by atoms with Crippen molar-refractivity contribution in [1.29, 1.82) is 0 Å². The summed E-state index contributed by atoms with van der Waals surface area (Å²) >= 11 is 6.86. The molecule has 0 radical (unpaired) electrons. The molecule has 0 unspecified atom stereocenters. The van der Waals surface area contributed by atoms with Crippen LogP contribution in [-0.2, 0) is 14.8 Å². The number of carbonyl (C=O) groups excluding carboxylic acids is 1. The van der Waals surface area contributed by atoms with E-state index in [9.17, 15) is 13.2 Å². The fourth-order valence-corrected chi connectivity index (χ4v) is 7.46. The molecule has 1 amide bonds. The summed E-state index contributed by atoms with van der Waals surface area (Å²) in [6.07, 6.45) is 9.22. The number of thiocarbonyl (C=S) groups is 1. The van der Waals surface area contributed by atoms with E-state index in [0.717, 1.165) is 24.9 Å². The Labute approximate surface area is 247 Å². The highest BCUT2D eigenvalue weighted by atomic mass is 32.2. The smallest absolute Gasteiger partial charge is 0.266 e. The molecule has 7 nitrogen and oxygen atoms in total. The highest BCUT2D eigenvalue weighted by Gasteiger charge is 2.32. The molecular weight excluding hydrogens is 561 g/mol. The summed E-state index contributed by atoms with van der Waals surface area (Å²) in [5.74, 6) is -0.0956. The van der Waals surface area contributed by atoms with Gasteiger partial charge in [-0.15, -0.1) is 0 Å². The van der Waals surface area contributed by atoms with Gasteiger partial charge in [-0.05, 0) is 36.8 Å². The number of rotatable bonds is 13. The Morgan fingerprint density at radius 2 is 1.70 bits per heavy atom. The van der Waals surface area contributed by atoms with Crippen molar-refractivity contribution >= 4 is 50.3 Å². The number of benzene rings is 2. The lowest BCUT2D eigenvalue weighted by molar-refractivity contribution is -0.122. The number of aromatic nitrogens is 2. The lowest BCUT2D eigenvalue weighted by atomic mass is 10.1. The lowest BCUT2D eigenvalue weighted by Crippen LogP contribution is -2.30. The largest absolute Gasteiger partial charge is 0.293 e. The van der Waals surface area contributed by atoms with Gasteiger partial charge in [0.2, 0.25) is 10.0 Å². The number of para-hydroxylation sites is 1. The van der Waals surface area contributed by atoms with Crippen molar-refractivity contribution in [3.05, 3.63) is 71.3 Å². The molecule has 3 aromatic rings. The molecule has 0 saturated carbocycles. The highest BCUT2D eigenvalue weighted by molar-refractivity contribution is 8.26. The average Bonchev–Trinajstić information content (AvgIpc) is 3.50. The molecule has 0 aliphatic carbocycles. The van der Waals surface area contributed by atoms with Crippen LogP contribution in [0.15, 0.2) is 70.6 Å². The normalized spacial score (nSPS) is 15.1. The second kappa shape index (κ2) is 13.7. The van der Waals surface area contributed by atoms with Crippen molar-refractivity contribution in [3.8, 4) is 16.9 Å². The molecule has 1 aromatic heterocycles. The van der Waals surface area contributed by atoms with Gasteiger partial charge in [0, 0.05) is 37.0 Å². The lowest BCUT2D eigenvalue weighted by Gasteiger charge is -2.18. The predicted octanol–water partition coefficient (Wildman–Crippen LogP) is 6.74. The molecule has 2 heterocycles. The van der Waals surface area contributed by atoms with Gasteiger partial charge in [-0.3, -0.25) is 9.69 Å². The van der Waals surface area contributed by atoms with Crippen LogP contribution in [0.5, 0.6) is 0 Å². The number of carbonyl (C=O) groups is 1. The Morgan fingerprint density at radius 1 is 0.975 bits per heavy atom. The van der Waals surface area contributed by atoms with E-state index in [1.54, 1.807) is 27.8 Å². The van der Waals surface area contributed by atoms with E-state index in [0.29, 0.717) is 45.7 Å². The fraction of sp³-hybridized carbons (Fsp3) is 0.367. The van der Waals surface area contributed by atoms with Crippen LogP contribution in [-0.4, -0.2) is 57.3 Å². The third-order valence-electron chi connectivity index (χ3n) is 6.86. The van der Waals surface area contributed by atoms with Crippen LogP contribution in [0.1, 0.15) is 58.4 Å². The van der Waals surface area contributed by atoms with Crippen LogP contribution in [0, 0.1) is 0 Å². The van der Waals surface area contributed by atoms with Gasteiger partial charge in [0.05, 0.1) is 15.5 Å². The van der Waals surface area contributed by atoms with E-state index >= 15 is 0 Å². The first kappa shape index (κ1) is 30.2. The zero-order valence-electron chi connectivity index (χ0n) is 23.2. The van der Waals surface area contributed by atoms with Gasteiger partial charge < -0.3 is 0 Å².